The van der Waals surface area contributed by atoms with Crippen molar-refractivity contribution in [2.75, 3.05) is 33.7 Å². The van der Waals surface area contributed by atoms with Gasteiger partial charge in [0, 0.05) is 55.2 Å². The number of hydrogen-bond acceptors (Lipinski definition) is 13. The molecule has 18 heteroatoms. The molecule has 6 N–H and O–H groups in total. The van der Waals surface area contributed by atoms with Crippen LogP contribution in [0.5, 0.6) is 5.75 Å². The van der Waals surface area contributed by atoms with Gasteiger partial charge in [0.05, 0.1) is 12.5 Å². The Balaban J connectivity index is 1.28. The van der Waals surface area contributed by atoms with Gasteiger partial charge in [0.2, 0.25) is 5.91 Å². The van der Waals surface area contributed by atoms with E-state index in [0.29, 0.717) is 60.7 Å². The Labute approximate surface area is 276 Å². The molecule has 0 aromatic heterocycles. The van der Waals surface area contributed by atoms with Gasteiger partial charge in [-0.3, -0.25) is 23.4 Å². The zero-order valence-electron chi connectivity index (χ0n) is 26.1. The zero-order valence-corrected chi connectivity index (χ0v) is 27.8. The molecule has 0 spiro atoms. The molecule has 16 nitrogen and oxygen atoms in total. The number of amides is 1. The van der Waals surface area contributed by atoms with Gasteiger partial charge in [-0.1, -0.05) is 6.42 Å². The number of phosphoric acid groups is 1. The molecule has 6 unspecified atom stereocenters. The van der Waals surface area contributed by atoms with Crippen molar-refractivity contribution in [3.8, 4) is 17.1 Å². The molecule has 264 valence electrons. The highest BCUT2D eigenvalue weighted by Gasteiger charge is 2.40. The first-order chi connectivity index (χ1) is 22.9. The van der Waals surface area contributed by atoms with E-state index in [1.807, 2.05) is 0 Å². The van der Waals surface area contributed by atoms with Crippen LogP contribution in [0.15, 0.2) is 45.6 Å². The van der Waals surface area contributed by atoms with Crippen molar-refractivity contribution >= 4 is 39.3 Å². The second-order valence-electron chi connectivity index (χ2n) is 11.4. The molecule has 1 heterocycles. The number of phenolic OH excluding ortho intramolecular Hbond substituents is 1. The molecule has 1 aromatic carbocycles. The maximum Gasteiger partial charge on any atom is 0.474 e. The Bertz CT molecular complexity index is 1620. The van der Waals surface area contributed by atoms with E-state index < -0.39 is 52.9 Å². The van der Waals surface area contributed by atoms with Crippen LogP contribution in [-0.4, -0.2) is 70.6 Å². The highest BCUT2D eigenvalue weighted by Crippen LogP contribution is 2.48. The van der Waals surface area contributed by atoms with Gasteiger partial charge < -0.3 is 39.4 Å². The van der Waals surface area contributed by atoms with Crippen LogP contribution in [0.3, 0.4) is 0 Å². The van der Waals surface area contributed by atoms with E-state index in [1.54, 1.807) is 12.1 Å². The van der Waals surface area contributed by atoms with Crippen molar-refractivity contribution in [3.05, 3.63) is 52.2 Å². The summed E-state index contributed by atoms with van der Waals surface area (Å²) in [6.45, 7) is -1.13. The molecule has 0 bridgehead atoms. The van der Waals surface area contributed by atoms with Gasteiger partial charge in [-0.05, 0) is 67.9 Å². The van der Waals surface area contributed by atoms with Gasteiger partial charge in [-0.15, -0.1) is 0 Å². The second-order valence-corrected chi connectivity index (χ2v) is 13.8. The molecule has 3 aliphatic rings. The Kier molecular flexibility index (Phi) is 13.9. The normalized spacial score (nSPS) is 20.7. The average Bonchev–Trinajstić information content (AvgIpc) is 3.06. The number of nitrogens with one attached hydrogen (secondary N) is 1. The Morgan fingerprint density at radius 1 is 1.15 bits per heavy atom. The second kappa shape index (κ2) is 17.6. The van der Waals surface area contributed by atoms with Crippen LogP contribution < -0.4 is 10.7 Å². The number of carboxylic acid groups (broad SMARTS) is 1. The van der Waals surface area contributed by atoms with Crippen LogP contribution in [0, 0.1) is 17.8 Å². The van der Waals surface area contributed by atoms with Crippen LogP contribution >= 0.6 is 16.4 Å². The van der Waals surface area contributed by atoms with E-state index in [9.17, 15) is 39.2 Å². The SMILES string of the molecule is COP(O)OOCOP(=O)(O)OCC(CO)CCCCNC(=O)C1CCC(c2c3ccc(=O)cc-3oc3cc(O)ccc23)C(C(=O)O)C1. The molecule has 2 aliphatic carbocycles. The highest BCUT2D eigenvalue weighted by atomic mass is 31.2. The summed E-state index contributed by atoms with van der Waals surface area (Å²) in [5.74, 6) is -3.44. The van der Waals surface area contributed by atoms with E-state index in [0.717, 1.165) is 7.11 Å². The summed E-state index contributed by atoms with van der Waals surface area (Å²) in [7, 11) is -5.67. The summed E-state index contributed by atoms with van der Waals surface area (Å²) in [5.41, 5.74) is 1.36. The van der Waals surface area contributed by atoms with Gasteiger partial charge in [0.1, 0.15) is 17.1 Å². The topological polar surface area (TPSA) is 241 Å². The van der Waals surface area contributed by atoms with E-state index >= 15 is 0 Å². The minimum atomic E-state index is -4.52. The quantitative estimate of drug-likeness (QED) is 0.0273. The standard InChI is InChI=1S/C30H39NO15P2/c1-41-47(38)46-42-17-44-48(39,40)43-16-18(15-32)4-2-3-11-31-29(35)19-5-8-22(25(12-19)30(36)37)28-23-9-6-20(33)13-26(23)45-27-14-21(34)7-10-24(27)28/h6-7,9-10,13-14,18-19,22,25,32-33,38H,2-5,8,11-12,15-17H2,1H3,(H,31,35)(H,36,37)(H,39,40). The third-order valence-corrected chi connectivity index (χ3v) is 9.69. The Hall–Kier alpha value is -3.01. The number of benzene rings is 2. The maximum absolute atomic E-state index is 13.1. The number of fused-ring (bicyclic) bond motifs is 2. The Morgan fingerprint density at radius 3 is 2.67 bits per heavy atom. The van der Waals surface area contributed by atoms with E-state index in [2.05, 4.69) is 23.9 Å². The predicted octanol–water partition coefficient (Wildman–Crippen LogP) is 3.99. The third kappa shape index (κ3) is 10.3. The minimum absolute atomic E-state index is 0.0365. The summed E-state index contributed by atoms with van der Waals surface area (Å²) in [6, 6.07) is 8.92. The molecule has 4 rings (SSSR count). The van der Waals surface area contributed by atoms with Crippen molar-refractivity contribution in [2.45, 2.75) is 44.4 Å². The fourth-order valence-electron chi connectivity index (χ4n) is 5.88. The van der Waals surface area contributed by atoms with Crippen molar-refractivity contribution in [1.82, 2.24) is 5.32 Å². The van der Waals surface area contributed by atoms with Gasteiger partial charge in [-0.25, -0.2) is 4.57 Å². The number of aliphatic carboxylic acids is 1. The number of rotatable bonds is 18. The Morgan fingerprint density at radius 2 is 1.94 bits per heavy atom. The molecule has 1 saturated carbocycles. The molecule has 1 amide bonds. The summed E-state index contributed by atoms with van der Waals surface area (Å²) in [4.78, 5) is 60.9. The molecule has 1 aromatic rings. The van der Waals surface area contributed by atoms with Crippen LogP contribution in [0.25, 0.3) is 22.3 Å². The summed E-state index contributed by atoms with van der Waals surface area (Å²) in [6.07, 6.45) is 2.43. The molecule has 0 radical (unpaired) electrons. The molecule has 1 aliphatic heterocycles. The first-order valence-corrected chi connectivity index (χ1v) is 17.8. The van der Waals surface area contributed by atoms with Crippen molar-refractivity contribution in [1.29, 1.82) is 0 Å². The zero-order chi connectivity index (χ0) is 34.8. The monoisotopic (exact) mass is 715 g/mol. The summed E-state index contributed by atoms with van der Waals surface area (Å²) in [5, 5.41) is 33.4. The minimum Gasteiger partial charge on any atom is -0.508 e. The molecule has 6 atom stereocenters. The van der Waals surface area contributed by atoms with E-state index in [4.69, 9.17) is 13.8 Å². The van der Waals surface area contributed by atoms with Crippen LogP contribution in [0.1, 0.15) is 50.0 Å². The first kappa shape index (κ1) is 37.8. The van der Waals surface area contributed by atoms with Crippen molar-refractivity contribution < 1.29 is 66.8 Å². The fourth-order valence-corrected chi connectivity index (χ4v) is 6.73. The van der Waals surface area contributed by atoms with Gasteiger partial charge in [-0.2, -0.15) is 9.56 Å². The average molecular weight is 716 g/mol. The number of phenols is 1. The number of aliphatic hydroxyl groups excluding tert-OH is 1. The number of carboxylic acids is 1. The number of carbonyl (C=O) groups is 2. The lowest BCUT2D eigenvalue weighted by Gasteiger charge is -2.35. The van der Waals surface area contributed by atoms with E-state index in [1.165, 1.54) is 24.3 Å². The van der Waals surface area contributed by atoms with Crippen molar-refractivity contribution in [2.24, 2.45) is 17.8 Å². The molecule has 1 fully saturated rings. The number of unbranched alkanes of at least 4 members (excludes halogenated alkanes) is 1. The smallest absolute Gasteiger partial charge is 0.474 e. The lowest BCUT2D eigenvalue weighted by atomic mass is 9.69. The maximum atomic E-state index is 13.1. The number of hydrogen-bond donors (Lipinski definition) is 6. The van der Waals surface area contributed by atoms with Crippen LogP contribution in [0.2, 0.25) is 0 Å². The lowest BCUT2D eigenvalue weighted by molar-refractivity contribution is -0.255. The van der Waals surface area contributed by atoms with Gasteiger partial charge in [0.15, 0.2) is 12.2 Å². The third-order valence-electron chi connectivity index (χ3n) is 8.23. The predicted molar refractivity (Wildman–Crippen MR) is 169 cm³/mol. The number of phosphoric ester groups is 1. The van der Waals surface area contributed by atoms with Crippen LogP contribution in [0.4, 0.5) is 0 Å². The lowest BCUT2D eigenvalue weighted by Crippen LogP contribution is -2.38. The number of aliphatic hydroxyl groups is 1. The molecule has 0 saturated heterocycles. The first-order valence-electron chi connectivity index (χ1n) is 15.2. The number of aromatic hydroxyl groups is 1. The molecule has 48 heavy (non-hydrogen) atoms. The molecular formula is C30H39NO15P2. The van der Waals surface area contributed by atoms with Gasteiger partial charge >= 0.3 is 22.4 Å². The fraction of sp³-hybridized carbons (Fsp3) is 0.500. The van der Waals surface area contributed by atoms with Crippen molar-refractivity contribution in [3.63, 3.8) is 0 Å². The molecular weight excluding hydrogens is 676 g/mol. The summed E-state index contributed by atoms with van der Waals surface area (Å²) >= 11 is 0. The summed E-state index contributed by atoms with van der Waals surface area (Å²) < 4.78 is 36.0. The largest absolute Gasteiger partial charge is 0.508 e. The van der Waals surface area contributed by atoms with Crippen LogP contribution in [-0.2, 0) is 37.3 Å². The highest BCUT2D eigenvalue weighted by molar-refractivity contribution is 7.47. The number of carbonyl (C=O) groups excluding carboxylic acids is 1. The van der Waals surface area contributed by atoms with Gasteiger partial charge in [0.25, 0.3) is 0 Å². The van der Waals surface area contributed by atoms with E-state index in [-0.39, 0.29) is 42.5 Å².